The van der Waals surface area contributed by atoms with Crippen LogP contribution in [0.15, 0.2) is 30.5 Å². The molecule has 4 nitrogen and oxygen atoms in total. The highest BCUT2D eigenvalue weighted by molar-refractivity contribution is 5.62. The van der Waals surface area contributed by atoms with Crippen LogP contribution >= 0.6 is 0 Å². The minimum absolute atomic E-state index is 0.253. The average Bonchev–Trinajstić information content (AvgIpc) is 2.85. The highest BCUT2D eigenvalue weighted by Crippen LogP contribution is 2.23. The van der Waals surface area contributed by atoms with E-state index in [0.717, 1.165) is 23.4 Å². The predicted molar refractivity (Wildman–Crippen MR) is 81.2 cm³/mol. The Hall–Kier alpha value is -1.72. The third-order valence-electron chi connectivity index (χ3n) is 3.30. The first-order chi connectivity index (χ1) is 9.89. The van der Waals surface area contributed by atoms with Crippen molar-refractivity contribution in [1.29, 1.82) is 0 Å². The molecule has 0 amide bonds. The second-order valence-electron chi connectivity index (χ2n) is 5.89. The van der Waals surface area contributed by atoms with Crippen molar-refractivity contribution in [3.8, 4) is 11.3 Å². The molecule has 0 aliphatic carbocycles. The molecule has 0 atom stereocenters. The number of aromatic amines is 1. The van der Waals surface area contributed by atoms with Crippen LogP contribution in [0.5, 0.6) is 0 Å². The molecule has 5 heteroatoms. The highest BCUT2D eigenvalue weighted by atomic mass is 19.1. The van der Waals surface area contributed by atoms with Gasteiger partial charge in [-0.1, -0.05) is 6.92 Å². The van der Waals surface area contributed by atoms with Crippen molar-refractivity contribution in [2.75, 3.05) is 13.1 Å². The predicted octanol–water partition coefficient (Wildman–Crippen LogP) is 2.81. The van der Waals surface area contributed by atoms with Crippen LogP contribution in [0.1, 0.15) is 26.3 Å². The Morgan fingerprint density at radius 3 is 2.52 bits per heavy atom. The molecule has 2 rings (SSSR count). The molecular formula is C16H22FN3O. The molecule has 0 fully saturated rings. The Morgan fingerprint density at radius 1 is 1.29 bits per heavy atom. The van der Waals surface area contributed by atoms with Crippen LogP contribution in [0.25, 0.3) is 11.3 Å². The summed E-state index contributed by atoms with van der Waals surface area (Å²) in [4.78, 5) is 2.15. The van der Waals surface area contributed by atoms with Crippen molar-refractivity contribution in [2.45, 2.75) is 32.9 Å². The normalized spacial score (nSPS) is 12.1. The number of likely N-dealkylation sites (N-methyl/N-ethyl adjacent to an activating group) is 1. The van der Waals surface area contributed by atoms with Crippen LogP contribution in [0.2, 0.25) is 0 Å². The Bertz CT molecular complexity index is 572. The van der Waals surface area contributed by atoms with E-state index in [2.05, 4.69) is 22.0 Å². The molecule has 0 radical (unpaired) electrons. The number of aliphatic hydroxyl groups is 1. The van der Waals surface area contributed by atoms with Crippen molar-refractivity contribution in [3.05, 3.63) is 41.8 Å². The van der Waals surface area contributed by atoms with E-state index in [0.29, 0.717) is 13.1 Å². The molecule has 0 saturated heterocycles. The van der Waals surface area contributed by atoms with Crippen molar-refractivity contribution in [3.63, 3.8) is 0 Å². The van der Waals surface area contributed by atoms with Crippen LogP contribution in [-0.2, 0) is 6.54 Å². The summed E-state index contributed by atoms with van der Waals surface area (Å²) in [6.07, 6.45) is 1.78. The number of H-pyrrole nitrogens is 1. The van der Waals surface area contributed by atoms with Crippen LogP contribution in [0.4, 0.5) is 4.39 Å². The van der Waals surface area contributed by atoms with E-state index >= 15 is 0 Å². The molecule has 0 spiro atoms. The molecule has 0 unspecified atom stereocenters. The minimum atomic E-state index is -0.740. The average molecular weight is 291 g/mol. The van der Waals surface area contributed by atoms with Crippen LogP contribution in [0.3, 0.4) is 0 Å². The van der Waals surface area contributed by atoms with Crippen molar-refractivity contribution in [2.24, 2.45) is 0 Å². The molecule has 0 aliphatic rings. The standard InChI is InChI=1S/C16H22FN3O/c1-4-20(11-16(2,3)21)10-13-9-18-19-15(13)12-5-7-14(17)8-6-12/h5-9,21H,4,10-11H2,1-3H3,(H,18,19). The monoisotopic (exact) mass is 291 g/mol. The van der Waals surface area contributed by atoms with Gasteiger partial charge in [0, 0.05) is 24.2 Å². The second-order valence-corrected chi connectivity index (χ2v) is 5.89. The summed E-state index contributed by atoms with van der Waals surface area (Å²) in [6.45, 7) is 7.75. The van der Waals surface area contributed by atoms with E-state index in [9.17, 15) is 9.50 Å². The number of halogens is 1. The smallest absolute Gasteiger partial charge is 0.123 e. The zero-order valence-corrected chi connectivity index (χ0v) is 12.7. The van der Waals surface area contributed by atoms with E-state index < -0.39 is 5.60 Å². The first kappa shape index (κ1) is 15.7. The fourth-order valence-electron chi connectivity index (χ4n) is 2.37. The summed E-state index contributed by atoms with van der Waals surface area (Å²) in [5.41, 5.74) is 2.09. The number of nitrogens with one attached hydrogen (secondary N) is 1. The topological polar surface area (TPSA) is 52.2 Å². The van der Waals surface area contributed by atoms with E-state index in [-0.39, 0.29) is 5.82 Å². The fraction of sp³-hybridized carbons (Fsp3) is 0.438. The van der Waals surface area contributed by atoms with Gasteiger partial charge in [0.2, 0.25) is 0 Å². The molecule has 0 aliphatic heterocycles. The van der Waals surface area contributed by atoms with Crippen molar-refractivity contribution in [1.82, 2.24) is 15.1 Å². The highest BCUT2D eigenvalue weighted by Gasteiger charge is 2.19. The molecule has 1 heterocycles. The molecule has 2 aromatic rings. The summed E-state index contributed by atoms with van der Waals surface area (Å²) in [6, 6.07) is 6.35. The number of nitrogens with zero attached hydrogens (tertiary/aromatic N) is 2. The van der Waals surface area contributed by atoms with E-state index in [4.69, 9.17) is 0 Å². The van der Waals surface area contributed by atoms with E-state index in [1.807, 2.05) is 0 Å². The summed E-state index contributed by atoms with van der Waals surface area (Å²) in [5.74, 6) is -0.253. The summed E-state index contributed by atoms with van der Waals surface area (Å²) in [7, 11) is 0. The lowest BCUT2D eigenvalue weighted by Gasteiger charge is -2.27. The van der Waals surface area contributed by atoms with Gasteiger partial charge in [-0.05, 0) is 44.7 Å². The quantitative estimate of drug-likeness (QED) is 0.860. The van der Waals surface area contributed by atoms with Gasteiger partial charge >= 0.3 is 0 Å². The van der Waals surface area contributed by atoms with Gasteiger partial charge in [0.15, 0.2) is 0 Å². The Kier molecular flexibility index (Phi) is 4.75. The zero-order valence-electron chi connectivity index (χ0n) is 12.7. The second kappa shape index (κ2) is 6.37. The number of hydrogen-bond acceptors (Lipinski definition) is 3. The van der Waals surface area contributed by atoms with Gasteiger partial charge in [-0.2, -0.15) is 5.10 Å². The Balaban J connectivity index is 2.18. The van der Waals surface area contributed by atoms with Gasteiger partial charge in [-0.15, -0.1) is 0 Å². The fourth-order valence-corrected chi connectivity index (χ4v) is 2.37. The summed E-state index contributed by atoms with van der Waals surface area (Å²) >= 11 is 0. The molecule has 0 saturated carbocycles. The lowest BCUT2D eigenvalue weighted by molar-refractivity contribution is 0.0354. The van der Waals surface area contributed by atoms with Gasteiger partial charge in [0.1, 0.15) is 5.82 Å². The molecular weight excluding hydrogens is 269 g/mol. The number of rotatable bonds is 6. The minimum Gasteiger partial charge on any atom is -0.389 e. The summed E-state index contributed by atoms with van der Waals surface area (Å²) < 4.78 is 13.0. The maximum absolute atomic E-state index is 13.0. The first-order valence-electron chi connectivity index (χ1n) is 7.12. The molecule has 114 valence electrons. The lowest BCUT2D eigenvalue weighted by Crippen LogP contribution is -2.38. The molecule has 0 bridgehead atoms. The van der Waals surface area contributed by atoms with Crippen LogP contribution in [-0.4, -0.2) is 38.9 Å². The first-order valence-corrected chi connectivity index (χ1v) is 7.12. The Labute approximate surface area is 124 Å². The van der Waals surface area contributed by atoms with E-state index in [1.54, 1.807) is 32.2 Å². The maximum Gasteiger partial charge on any atom is 0.123 e. The third kappa shape index (κ3) is 4.37. The van der Waals surface area contributed by atoms with Gasteiger partial charge in [0.05, 0.1) is 17.5 Å². The van der Waals surface area contributed by atoms with Crippen LogP contribution in [0, 0.1) is 5.82 Å². The molecule has 1 aromatic heterocycles. The molecule has 21 heavy (non-hydrogen) atoms. The van der Waals surface area contributed by atoms with Gasteiger partial charge in [0.25, 0.3) is 0 Å². The Morgan fingerprint density at radius 2 is 1.95 bits per heavy atom. The maximum atomic E-state index is 13.0. The largest absolute Gasteiger partial charge is 0.389 e. The third-order valence-corrected chi connectivity index (χ3v) is 3.30. The molecule has 1 aromatic carbocycles. The van der Waals surface area contributed by atoms with E-state index in [1.165, 1.54) is 12.1 Å². The van der Waals surface area contributed by atoms with Crippen LogP contribution < -0.4 is 0 Å². The summed E-state index contributed by atoms with van der Waals surface area (Å²) in [5, 5.41) is 17.0. The van der Waals surface area contributed by atoms with Crippen molar-refractivity contribution < 1.29 is 9.50 Å². The number of benzene rings is 1. The SMILES string of the molecule is CCN(Cc1cn[nH]c1-c1ccc(F)cc1)CC(C)(C)O. The number of hydrogen-bond donors (Lipinski definition) is 2. The van der Waals surface area contributed by atoms with Gasteiger partial charge in [-0.3, -0.25) is 10.00 Å². The molecule has 2 N–H and O–H groups in total. The van der Waals surface area contributed by atoms with Gasteiger partial charge < -0.3 is 5.11 Å². The number of aromatic nitrogens is 2. The van der Waals surface area contributed by atoms with Crippen molar-refractivity contribution >= 4 is 0 Å². The van der Waals surface area contributed by atoms with Gasteiger partial charge in [-0.25, -0.2) is 4.39 Å². The lowest BCUT2D eigenvalue weighted by atomic mass is 10.1. The zero-order chi connectivity index (χ0) is 15.5.